The van der Waals surface area contributed by atoms with Crippen LogP contribution in [0, 0.1) is 0 Å². The average Bonchev–Trinajstić information content (AvgIpc) is 3.35. The van der Waals surface area contributed by atoms with Gasteiger partial charge in [-0.1, -0.05) is 61.0 Å². The zero-order valence-corrected chi connectivity index (χ0v) is 25.8. The fourth-order valence-electron chi connectivity index (χ4n) is 5.87. The second-order valence-corrected chi connectivity index (χ2v) is 12.4. The van der Waals surface area contributed by atoms with Crippen molar-refractivity contribution < 1.29 is 9.59 Å². The average molecular weight is 588 g/mol. The number of anilines is 1. The van der Waals surface area contributed by atoms with Crippen LogP contribution in [0.25, 0.3) is 21.2 Å². The lowest BCUT2D eigenvalue weighted by Crippen LogP contribution is -2.44. The number of halogens is 1. The molecule has 1 aliphatic carbocycles. The molecule has 1 heterocycles. The zero-order valence-electron chi connectivity index (χ0n) is 24.2. The summed E-state index contributed by atoms with van der Waals surface area (Å²) >= 11 is 8.32. The second kappa shape index (κ2) is 12.8. The molecule has 41 heavy (non-hydrogen) atoms. The Kier molecular flexibility index (Phi) is 9.12. The molecule has 0 atom stereocenters. The molecule has 7 heteroatoms. The number of hydrogen-bond donors (Lipinski definition) is 1. The van der Waals surface area contributed by atoms with E-state index in [0.717, 1.165) is 64.6 Å². The predicted molar refractivity (Wildman–Crippen MR) is 172 cm³/mol. The van der Waals surface area contributed by atoms with Crippen LogP contribution < -0.4 is 10.2 Å². The fraction of sp³-hybridized carbons (Fsp3) is 0.353. The molecule has 0 radical (unpaired) electrons. The van der Waals surface area contributed by atoms with Gasteiger partial charge in [0.2, 0.25) is 5.91 Å². The fourth-order valence-corrected chi connectivity index (χ4v) is 7.33. The van der Waals surface area contributed by atoms with Crippen molar-refractivity contribution in [3.05, 3.63) is 87.8 Å². The van der Waals surface area contributed by atoms with Crippen molar-refractivity contribution in [1.82, 2.24) is 10.2 Å². The number of carbonyl (C=O) groups is 2. The van der Waals surface area contributed by atoms with E-state index in [2.05, 4.69) is 47.5 Å². The number of rotatable bonds is 8. The summed E-state index contributed by atoms with van der Waals surface area (Å²) < 4.78 is 1.04. The predicted octanol–water partition coefficient (Wildman–Crippen LogP) is 7.94. The molecule has 5 nitrogen and oxygen atoms in total. The third-order valence-electron chi connectivity index (χ3n) is 8.52. The molecule has 1 aliphatic rings. The van der Waals surface area contributed by atoms with E-state index in [1.807, 2.05) is 43.4 Å². The molecule has 1 fully saturated rings. The summed E-state index contributed by atoms with van der Waals surface area (Å²) in [5.74, 6) is 0.0211. The van der Waals surface area contributed by atoms with Crippen LogP contribution in [-0.4, -0.2) is 42.9 Å². The number of nitrogens with zero attached hydrogens (tertiary/aromatic N) is 2. The maximum Gasteiger partial charge on any atom is 0.266 e. The number of thiophene rings is 1. The number of amides is 2. The van der Waals surface area contributed by atoms with Crippen LogP contribution in [0.1, 0.15) is 60.3 Å². The third kappa shape index (κ3) is 6.20. The summed E-state index contributed by atoms with van der Waals surface area (Å²) in [4.78, 5) is 30.5. The molecule has 1 N–H and O–H groups in total. The van der Waals surface area contributed by atoms with E-state index in [4.69, 9.17) is 11.6 Å². The largest absolute Gasteiger partial charge is 0.331 e. The minimum atomic E-state index is -0.000384. The van der Waals surface area contributed by atoms with Crippen molar-refractivity contribution >= 4 is 50.5 Å². The molecule has 4 aromatic rings. The van der Waals surface area contributed by atoms with E-state index in [0.29, 0.717) is 22.5 Å². The quantitative estimate of drug-likeness (QED) is 0.228. The van der Waals surface area contributed by atoms with Gasteiger partial charge in [0.25, 0.3) is 5.91 Å². The van der Waals surface area contributed by atoms with Crippen LogP contribution in [0.5, 0.6) is 0 Å². The lowest BCUT2D eigenvalue weighted by atomic mass is 9.89. The van der Waals surface area contributed by atoms with Crippen molar-refractivity contribution in [2.75, 3.05) is 19.0 Å². The molecule has 0 bridgehead atoms. The maximum absolute atomic E-state index is 14.3. The number of benzene rings is 3. The summed E-state index contributed by atoms with van der Waals surface area (Å²) in [5.41, 5.74) is 5.44. The molecule has 0 aliphatic heterocycles. The van der Waals surface area contributed by atoms with E-state index in [-0.39, 0.29) is 17.9 Å². The van der Waals surface area contributed by atoms with Gasteiger partial charge in [-0.15, -0.1) is 11.3 Å². The molecule has 1 saturated carbocycles. The Balaban J connectivity index is 1.50. The number of hydrogen-bond acceptors (Lipinski definition) is 4. The van der Waals surface area contributed by atoms with Crippen LogP contribution in [0.3, 0.4) is 0 Å². The number of nitrogens with one attached hydrogen (secondary N) is 1. The monoisotopic (exact) mass is 587 g/mol. The molecule has 1 aromatic heterocycles. The standard InChI is InChI=1S/C34H38ClN3O2S/c1-5-23-10-11-25(24-12-16-28(17-13-24)37(4)22(2)39)20-26(23)21-38(29-18-14-27(36-3)15-19-29)34(40)33-32(35)30-8-6-7-9-31(30)41-33/h6-13,16-17,20,27,29,36H,5,14-15,18-19,21H2,1-4H3/t27-,29-. The minimum Gasteiger partial charge on any atom is -0.331 e. The van der Waals surface area contributed by atoms with Gasteiger partial charge >= 0.3 is 0 Å². The van der Waals surface area contributed by atoms with Gasteiger partial charge in [-0.25, -0.2) is 0 Å². The van der Waals surface area contributed by atoms with E-state index < -0.39 is 0 Å². The van der Waals surface area contributed by atoms with Crippen molar-refractivity contribution in [3.8, 4) is 11.1 Å². The van der Waals surface area contributed by atoms with Gasteiger partial charge in [0.05, 0.1) is 5.02 Å². The van der Waals surface area contributed by atoms with Crippen LogP contribution in [0.4, 0.5) is 5.69 Å². The molecule has 2 amide bonds. The van der Waals surface area contributed by atoms with Crippen LogP contribution >= 0.6 is 22.9 Å². The Morgan fingerprint density at radius 1 is 0.951 bits per heavy atom. The van der Waals surface area contributed by atoms with Crippen molar-refractivity contribution in [1.29, 1.82) is 0 Å². The highest BCUT2D eigenvalue weighted by atomic mass is 35.5. The summed E-state index contributed by atoms with van der Waals surface area (Å²) in [6.07, 6.45) is 4.91. The SMILES string of the molecule is CCc1ccc(-c2ccc(N(C)C(C)=O)cc2)cc1CN(C(=O)c1sc2ccccc2c1Cl)[C@H]1CC[C@H](NC)CC1. The van der Waals surface area contributed by atoms with Gasteiger partial charge in [0, 0.05) is 48.4 Å². The zero-order chi connectivity index (χ0) is 29.1. The van der Waals surface area contributed by atoms with Crippen molar-refractivity contribution in [2.24, 2.45) is 0 Å². The topological polar surface area (TPSA) is 52.7 Å². The molecule has 0 saturated heterocycles. The van der Waals surface area contributed by atoms with Crippen LogP contribution in [0.2, 0.25) is 5.02 Å². The van der Waals surface area contributed by atoms with Gasteiger partial charge in [-0.3, -0.25) is 9.59 Å². The van der Waals surface area contributed by atoms with E-state index in [9.17, 15) is 9.59 Å². The van der Waals surface area contributed by atoms with E-state index in [1.54, 1.807) is 18.9 Å². The van der Waals surface area contributed by atoms with Gasteiger partial charge in [0.1, 0.15) is 4.88 Å². The number of aryl methyl sites for hydroxylation is 1. The summed E-state index contributed by atoms with van der Waals surface area (Å²) in [6, 6.07) is 23.3. The lowest BCUT2D eigenvalue weighted by molar-refractivity contribution is -0.116. The Labute approximate surface area is 252 Å². The molecular formula is C34H38ClN3O2S. The van der Waals surface area contributed by atoms with Gasteiger partial charge < -0.3 is 15.1 Å². The number of carbonyl (C=O) groups excluding carboxylic acids is 2. The Bertz CT molecular complexity index is 1540. The van der Waals surface area contributed by atoms with E-state index in [1.165, 1.54) is 16.9 Å². The highest BCUT2D eigenvalue weighted by molar-refractivity contribution is 7.21. The van der Waals surface area contributed by atoms with Gasteiger partial charge in [0.15, 0.2) is 0 Å². The van der Waals surface area contributed by atoms with Crippen LogP contribution in [-0.2, 0) is 17.8 Å². The first-order valence-corrected chi connectivity index (χ1v) is 15.6. The van der Waals surface area contributed by atoms with Crippen molar-refractivity contribution in [2.45, 2.75) is 64.6 Å². The lowest BCUT2D eigenvalue weighted by Gasteiger charge is -2.37. The maximum atomic E-state index is 14.3. The first-order valence-electron chi connectivity index (χ1n) is 14.4. The smallest absolute Gasteiger partial charge is 0.266 e. The number of fused-ring (bicyclic) bond motifs is 1. The van der Waals surface area contributed by atoms with E-state index >= 15 is 0 Å². The minimum absolute atomic E-state index is 0.000384. The molecule has 214 valence electrons. The Morgan fingerprint density at radius 3 is 2.27 bits per heavy atom. The molecule has 3 aromatic carbocycles. The summed E-state index contributed by atoms with van der Waals surface area (Å²) in [6.45, 7) is 4.27. The molecular weight excluding hydrogens is 550 g/mol. The highest BCUT2D eigenvalue weighted by Crippen LogP contribution is 2.38. The Hall–Kier alpha value is -3.19. The summed E-state index contributed by atoms with van der Waals surface area (Å²) in [5, 5.41) is 4.92. The highest BCUT2D eigenvalue weighted by Gasteiger charge is 2.32. The van der Waals surface area contributed by atoms with Crippen molar-refractivity contribution in [3.63, 3.8) is 0 Å². The molecule has 0 spiro atoms. The Morgan fingerprint density at radius 2 is 1.63 bits per heavy atom. The second-order valence-electron chi connectivity index (χ2n) is 10.9. The van der Waals surface area contributed by atoms with Crippen LogP contribution in [0.15, 0.2) is 66.7 Å². The normalized spacial score (nSPS) is 17.0. The first-order chi connectivity index (χ1) is 19.8. The van der Waals surface area contributed by atoms with Gasteiger partial charge in [-0.2, -0.15) is 0 Å². The molecule has 5 rings (SSSR count). The van der Waals surface area contributed by atoms with Gasteiger partial charge in [-0.05, 0) is 85.7 Å². The molecule has 0 unspecified atom stereocenters. The third-order valence-corrected chi connectivity index (χ3v) is 10.2. The first kappa shape index (κ1) is 29.3. The summed E-state index contributed by atoms with van der Waals surface area (Å²) in [7, 11) is 3.80.